The van der Waals surface area contributed by atoms with E-state index in [9.17, 15) is 9.90 Å². The Bertz CT molecular complexity index is 240. The van der Waals surface area contributed by atoms with Crippen molar-refractivity contribution >= 4 is 35.5 Å². The molecule has 0 saturated carbocycles. The van der Waals surface area contributed by atoms with Gasteiger partial charge < -0.3 is 10.2 Å². The van der Waals surface area contributed by atoms with Crippen LogP contribution in [0, 0.1) is 0 Å². The number of aliphatic carboxylic acids is 1. The molecule has 0 aromatic carbocycles. The molecule has 0 amide bonds. The van der Waals surface area contributed by atoms with Gasteiger partial charge in [-0.1, -0.05) is 58.3 Å². The molecule has 0 fully saturated rings. The molecule has 1 atom stereocenters. The summed E-state index contributed by atoms with van der Waals surface area (Å²) in [5, 5.41) is 18.4. The van der Waals surface area contributed by atoms with E-state index in [-0.39, 0.29) is 36.0 Å². The molecule has 0 aromatic heterocycles. The predicted molar refractivity (Wildman–Crippen MR) is 89.9 cm³/mol. The molecular formula is C16H34NNaO3. The first-order chi connectivity index (χ1) is 9.57. The van der Waals surface area contributed by atoms with Crippen LogP contribution in [0.2, 0.25) is 0 Å². The Morgan fingerprint density at radius 1 is 1.00 bits per heavy atom. The summed E-state index contributed by atoms with van der Waals surface area (Å²) in [4.78, 5) is 12.2. The number of rotatable bonds is 14. The number of aliphatic hydroxyl groups excluding tert-OH is 1. The van der Waals surface area contributed by atoms with Gasteiger partial charge in [0.25, 0.3) is 0 Å². The Balaban J connectivity index is 0. The molecule has 122 valence electrons. The van der Waals surface area contributed by atoms with Gasteiger partial charge in [-0.2, -0.15) is 0 Å². The average molecular weight is 311 g/mol. The summed E-state index contributed by atoms with van der Waals surface area (Å²) in [6.45, 7) is 2.65. The summed E-state index contributed by atoms with van der Waals surface area (Å²) < 4.78 is 0. The Kier molecular flexibility index (Phi) is 18.9. The van der Waals surface area contributed by atoms with E-state index in [2.05, 4.69) is 6.92 Å². The summed E-state index contributed by atoms with van der Waals surface area (Å²) in [5.41, 5.74) is 0. The molecule has 0 spiro atoms. The normalized spacial score (nSPS) is 12.2. The van der Waals surface area contributed by atoms with E-state index in [4.69, 9.17) is 5.11 Å². The molecule has 0 aliphatic carbocycles. The fourth-order valence-corrected chi connectivity index (χ4v) is 2.28. The third-order valence-electron chi connectivity index (χ3n) is 3.75. The van der Waals surface area contributed by atoms with E-state index in [1.165, 1.54) is 44.9 Å². The molecule has 0 aliphatic heterocycles. The van der Waals surface area contributed by atoms with Gasteiger partial charge >= 0.3 is 35.5 Å². The van der Waals surface area contributed by atoms with Crippen LogP contribution in [0.15, 0.2) is 0 Å². The van der Waals surface area contributed by atoms with Crippen molar-refractivity contribution in [1.82, 2.24) is 4.90 Å². The SMILES string of the molecule is CCCCCCCCCCCC(O)N(C)CCC(=O)O.[NaH]. The zero-order valence-electron chi connectivity index (χ0n) is 13.3. The van der Waals surface area contributed by atoms with Gasteiger partial charge in [0.1, 0.15) is 6.23 Å². The Labute approximate surface area is 152 Å². The molecule has 1 unspecified atom stereocenters. The van der Waals surface area contributed by atoms with E-state index < -0.39 is 12.2 Å². The van der Waals surface area contributed by atoms with Crippen molar-refractivity contribution in [3.8, 4) is 0 Å². The summed E-state index contributed by atoms with van der Waals surface area (Å²) in [6.07, 6.45) is 11.8. The first kappa shape index (κ1) is 23.7. The van der Waals surface area contributed by atoms with E-state index in [0.717, 1.165) is 19.3 Å². The van der Waals surface area contributed by atoms with Crippen LogP contribution >= 0.6 is 0 Å². The van der Waals surface area contributed by atoms with Crippen molar-refractivity contribution in [1.29, 1.82) is 0 Å². The first-order valence-electron chi connectivity index (χ1n) is 8.18. The quantitative estimate of drug-likeness (QED) is 0.294. The van der Waals surface area contributed by atoms with Gasteiger partial charge in [0, 0.05) is 6.54 Å². The second kappa shape index (κ2) is 16.8. The van der Waals surface area contributed by atoms with Crippen LogP contribution in [0.3, 0.4) is 0 Å². The third-order valence-corrected chi connectivity index (χ3v) is 3.75. The number of hydrogen-bond acceptors (Lipinski definition) is 3. The first-order valence-corrected chi connectivity index (χ1v) is 8.18. The predicted octanol–water partition coefficient (Wildman–Crippen LogP) is 2.98. The van der Waals surface area contributed by atoms with Crippen molar-refractivity contribution in [2.45, 2.75) is 83.8 Å². The van der Waals surface area contributed by atoms with E-state index in [1.54, 1.807) is 11.9 Å². The zero-order valence-corrected chi connectivity index (χ0v) is 13.3. The van der Waals surface area contributed by atoms with E-state index >= 15 is 0 Å². The molecule has 0 heterocycles. The van der Waals surface area contributed by atoms with Crippen molar-refractivity contribution in [2.24, 2.45) is 0 Å². The molecular weight excluding hydrogens is 277 g/mol. The number of carbonyl (C=O) groups is 1. The van der Waals surface area contributed by atoms with E-state index in [1.807, 2.05) is 0 Å². The fourth-order valence-electron chi connectivity index (χ4n) is 2.28. The van der Waals surface area contributed by atoms with Crippen LogP contribution in [0.5, 0.6) is 0 Å². The minimum absolute atomic E-state index is 0. The number of carboxylic acid groups (broad SMARTS) is 1. The van der Waals surface area contributed by atoms with Crippen LogP contribution in [-0.2, 0) is 4.79 Å². The molecule has 0 rings (SSSR count). The van der Waals surface area contributed by atoms with Gasteiger partial charge in [-0.15, -0.1) is 0 Å². The number of nitrogens with zero attached hydrogens (tertiary/aromatic N) is 1. The van der Waals surface area contributed by atoms with E-state index in [0.29, 0.717) is 6.54 Å². The van der Waals surface area contributed by atoms with Gasteiger partial charge in [-0.25, -0.2) is 0 Å². The molecule has 0 aromatic rings. The summed E-state index contributed by atoms with van der Waals surface area (Å²) >= 11 is 0. The van der Waals surface area contributed by atoms with Gasteiger partial charge in [0.15, 0.2) is 0 Å². The Hall–Kier alpha value is 0.390. The molecule has 2 N–H and O–H groups in total. The molecule has 0 radical (unpaired) electrons. The number of hydrogen-bond donors (Lipinski definition) is 2. The number of carboxylic acids is 1. The molecule has 0 aliphatic rings. The maximum atomic E-state index is 10.4. The van der Waals surface area contributed by atoms with Crippen molar-refractivity contribution in [2.75, 3.05) is 13.6 Å². The maximum absolute atomic E-state index is 10.4. The van der Waals surface area contributed by atoms with Gasteiger partial charge in [0.05, 0.1) is 6.42 Å². The zero-order chi connectivity index (χ0) is 15.2. The van der Waals surface area contributed by atoms with Gasteiger partial charge in [0.2, 0.25) is 0 Å². The fraction of sp³-hybridized carbons (Fsp3) is 0.938. The van der Waals surface area contributed by atoms with Gasteiger partial charge in [-0.05, 0) is 19.9 Å². The van der Waals surface area contributed by atoms with Crippen LogP contribution in [0.1, 0.15) is 77.6 Å². The van der Waals surface area contributed by atoms with Crippen LogP contribution in [-0.4, -0.2) is 70.5 Å². The molecule has 5 heteroatoms. The van der Waals surface area contributed by atoms with Gasteiger partial charge in [-0.3, -0.25) is 9.69 Å². The standard InChI is InChI=1S/C16H33NO3.Na.H/c1-3-4-5-6-7-8-9-10-11-12-15(18)17(2)14-13-16(19)20;;/h15,18H,3-14H2,1-2H3,(H,19,20);;. The van der Waals surface area contributed by atoms with Crippen LogP contribution in [0.4, 0.5) is 0 Å². The number of unbranched alkanes of at least 4 members (excludes halogenated alkanes) is 8. The molecule has 4 nitrogen and oxygen atoms in total. The summed E-state index contributed by atoms with van der Waals surface area (Å²) in [7, 11) is 1.78. The van der Waals surface area contributed by atoms with Crippen LogP contribution < -0.4 is 0 Å². The number of aliphatic hydroxyl groups is 1. The average Bonchev–Trinajstić information content (AvgIpc) is 2.42. The summed E-state index contributed by atoms with van der Waals surface area (Å²) in [6, 6.07) is 0. The minimum atomic E-state index is -0.813. The van der Waals surface area contributed by atoms with Crippen molar-refractivity contribution < 1.29 is 15.0 Å². The topological polar surface area (TPSA) is 60.8 Å². The van der Waals surface area contributed by atoms with Crippen LogP contribution in [0.25, 0.3) is 0 Å². The van der Waals surface area contributed by atoms with Crippen molar-refractivity contribution in [3.63, 3.8) is 0 Å². The molecule has 0 bridgehead atoms. The second-order valence-electron chi connectivity index (χ2n) is 5.72. The van der Waals surface area contributed by atoms with Crippen molar-refractivity contribution in [3.05, 3.63) is 0 Å². The third kappa shape index (κ3) is 16.6. The molecule has 0 saturated heterocycles. The molecule has 21 heavy (non-hydrogen) atoms. The Morgan fingerprint density at radius 2 is 1.48 bits per heavy atom. The summed E-state index contributed by atoms with van der Waals surface area (Å²) in [5.74, 6) is -0.813. The second-order valence-corrected chi connectivity index (χ2v) is 5.72. The Morgan fingerprint density at radius 3 is 1.95 bits per heavy atom. The monoisotopic (exact) mass is 311 g/mol.